The van der Waals surface area contributed by atoms with Crippen molar-refractivity contribution in [3.05, 3.63) is 443 Å². The van der Waals surface area contributed by atoms with Crippen LogP contribution in [0.15, 0.2) is 447 Å². The Labute approximate surface area is 741 Å². The highest BCUT2D eigenvalue weighted by Gasteiger charge is 2.23. The van der Waals surface area contributed by atoms with Gasteiger partial charge < -0.3 is 4.42 Å². The molecule has 4 aromatic heterocycles. The molecule has 0 aliphatic carbocycles. The van der Waals surface area contributed by atoms with E-state index in [0.29, 0.717) is 52.4 Å². The van der Waals surface area contributed by atoms with E-state index in [1.165, 1.54) is 97.1 Å². The lowest BCUT2D eigenvalue weighted by Crippen LogP contribution is -2.01. The van der Waals surface area contributed by atoms with Gasteiger partial charge in [0, 0.05) is 60.8 Å². The number of hydrogen-bond donors (Lipinski definition) is 0. The molecule has 0 atom stereocenters. The van der Waals surface area contributed by atoms with Crippen LogP contribution in [0, 0.1) is 0 Å². The Morgan fingerprint density at radius 2 is 0.380 bits per heavy atom. The van der Waals surface area contributed by atoms with Gasteiger partial charge in [0.15, 0.2) is 52.4 Å². The molecule has 22 aromatic carbocycles. The maximum Gasteiger partial charge on any atom is 0.164 e. The van der Waals surface area contributed by atoms with Gasteiger partial charge in [-0.2, -0.15) is 0 Å². The minimum absolute atomic E-state index is 0.615. The first-order valence-electron chi connectivity index (χ1n) is 43.4. The van der Waals surface area contributed by atoms with E-state index in [0.717, 1.165) is 105 Å². The summed E-state index contributed by atoms with van der Waals surface area (Å²) in [5.41, 5.74) is 12.6. The molecule has 0 aliphatic rings. The molecule has 10 nitrogen and oxygen atoms in total. The second-order valence-corrected chi connectivity index (χ2v) is 32.5. The summed E-state index contributed by atoms with van der Waals surface area (Å²) in [6, 6.07) is 154. The summed E-state index contributed by atoms with van der Waals surface area (Å²) >= 11 is 0. The van der Waals surface area contributed by atoms with Crippen molar-refractivity contribution in [2.24, 2.45) is 0 Å². The zero-order chi connectivity index (χ0) is 85.2. The Morgan fingerprint density at radius 1 is 0.124 bits per heavy atom. The van der Waals surface area contributed by atoms with E-state index in [9.17, 15) is 0 Å². The van der Waals surface area contributed by atoms with E-state index in [-0.39, 0.29) is 0 Å². The number of rotatable bonds is 10. The molecule has 600 valence electrons. The van der Waals surface area contributed by atoms with E-state index < -0.39 is 0 Å². The predicted molar refractivity (Wildman–Crippen MR) is 534 cm³/mol. The number of fused-ring (bicyclic) bond motifs is 20. The molecule has 26 rings (SSSR count). The van der Waals surface area contributed by atoms with Gasteiger partial charge in [-0.05, 0) is 154 Å². The van der Waals surface area contributed by atoms with Gasteiger partial charge in [0.05, 0.1) is 0 Å². The normalized spacial score (nSPS) is 11.6. The third kappa shape index (κ3) is 13.9. The standard InChI is InChI=1S/C41H25N3.C39H23N3O.C39H25N3/c1-3-11-30-24-32(20-16-26(30)8-1)39-42-40(33-21-17-27-9-2-4-12-31(27)25-33)44-41(43-39)37-15-7-14-36-35(37)23-22-29-19-18-28-10-5-6-13-34(28)38(29)36;1-2-11-26(12-3-1)37-40-38(42-39(41-37)32-17-9-19-34-36(32)31-14-6-7-18-33(31)43-34)30-16-8-15-29-28(30)23-22-25-21-20-24-10-4-5-13-27(24)35(25)29;1-3-10-26(11-4-1)27-18-22-31(23-19-27)38-40-37(30-13-5-2-6-14-30)41-39(42-38)35-17-9-16-34-33(35)25-24-29-21-20-28-12-7-8-15-32(28)36(29)34/h1-25H;1-23H;1-25H. The summed E-state index contributed by atoms with van der Waals surface area (Å²) in [6.45, 7) is 0. The SMILES string of the molecule is c1ccc(-c2ccc(-c3nc(-c4ccccc4)nc(-c4cccc5c4ccc4ccc6ccccc6c45)n3)cc2)cc1.c1ccc(-c2nc(-c3cccc4c3ccc3ccc5ccccc5c34)nc(-c3cccc4oc5ccccc5c34)n2)cc1.c1ccc2cc(-c3nc(-c4ccc5ccccc5c4)nc(-c4cccc5c4ccc4ccc6ccccc6c45)n3)ccc2c1. The largest absolute Gasteiger partial charge is 0.456 e. The molecular formula is C119H73N9O. The molecule has 0 fully saturated rings. The quantitative estimate of drug-likeness (QED) is 0.122. The molecule has 129 heavy (non-hydrogen) atoms. The molecule has 4 heterocycles. The highest BCUT2D eigenvalue weighted by molar-refractivity contribution is 6.25. The fraction of sp³-hybridized carbons (Fsp3) is 0. The molecule has 26 aromatic rings. The third-order valence-electron chi connectivity index (χ3n) is 24.9. The first-order valence-corrected chi connectivity index (χ1v) is 43.4. The van der Waals surface area contributed by atoms with Gasteiger partial charge in [-0.1, -0.05) is 419 Å². The summed E-state index contributed by atoms with van der Waals surface area (Å²) in [6.07, 6.45) is 0. The zero-order valence-electron chi connectivity index (χ0n) is 69.6. The maximum atomic E-state index is 6.21. The fourth-order valence-corrected chi connectivity index (χ4v) is 18.7. The highest BCUT2D eigenvalue weighted by Crippen LogP contribution is 2.44. The van der Waals surface area contributed by atoms with Crippen LogP contribution in [0.4, 0.5) is 0 Å². The van der Waals surface area contributed by atoms with E-state index in [4.69, 9.17) is 49.3 Å². The van der Waals surface area contributed by atoms with Gasteiger partial charge in [-0.3, -0.25) is 0 Å². The van der Waals surface area contributed by atoms with Crippen molar-refractivity contribution >= 4 is 140 Å². The molecular weight excluding hydrogens is 1570 g/mol. The van der Waals surface area contributed by atoms with E-state index >= 15 is 0 Å². The summed E-state index contributed by atoms with van der Waals surface area (Å²) in [5, 5.41) is 28.5. The topological polar surface area (TPSA) is 129 Å². The zero-order valence-corrected chi connectivity index (χ0v) is 69.6. The average Bonchev–Trinajstić information content (AvgIpc) is 1.70. The molecule has 0 aliphatic heterocycles. The maximum absolute atomic E-state index is 6.21. The average molecular weight is 1640 g/mol. The Morgan fingerprint density at radius 3 is 0.806 bits per heavy atom. The highest BCUT2D eigenvalue weighted by atomic mass is 16.3. The van der Waals surface area contributed by atoms with Crippen molar-refractivity contribution < 1.29 is 4.42 Å². The van der Waals surface area contributed by atoms with Crippen molar-refractivity contribution in [2.45, 2.75) is 0 Å². The minimum atomic E-state index is 0.615. The first kappa shape index (κ1) is 75.3. The summed E-state index contributed by atoms with van der Waals surface area (Å²) in [5.74, 6) is 5.84. The summed E-state index contributed by atoms with van der Waals surface area (Å²) < 4.78 is 6.21. The first-order chi connectivity index (χ1) is 63.9. The van der Waals surface area contributed by atoms with Gasteiger partial charge in [-0.25, -0.2) is 44.9 Å². The molecule has 0 bridgehead atoms. The van der Waals surface area contributed by atoms with Crippen LogP contribution in [-0.4, -0.2) is 44.9 Å². The number of hydrogen-bond acceptors (Lipinski definition) is 10. The number of para-hydroxylation sites is 1. The van der Waals surface area contributed by atoms with Crippen molar-refractivity contribution in [1.29, 1.82) is 0 Å². The van der Waals surface area contributed by atoms with Crippen LogP contribution in [0.1, 0.15) is 0 Å². The Balaban J connectivity index is 0.000000107. The van der Waals surface area contributed by atoms with Crippen LogP contribution in [0.3, 0.4) is 0 Å². The Kier molecular flexibility index (Phi) is 18.7. The molecule has 0 amide bonds. The molecule has 0 radical (unpaired) electrons. The summed E-state index contributed by atoms with van der Waals surface area (Å²) in [4.78, 5) is 45.7. The Hall–Kier alpha value is -17.5. The number of benzene rings is 22. The van der Waals surface area contributed by atoms with E-state index in [1.54, 1.807) is 0 Å². The second-order valence-electron chi connectivity index (χ2n) is 32.5. The van der Waals surface area contributed by atoms with Gasteiger partial charge in [-0.15, -0.1) is 0 Å². The van der Waals surface area contributed by atoms with E-state index in [2.05, 4.69) is 346 Å². The van der Waals surface area contributed by atoms with Crippen LogP contribution in [0.25, 0.3) is 254 Å². The van der Waals surface area contributed by atoms with Crippen LogP contribution in [0.2, 0.25) is 0 Å². The Bertz CT molecular complexity index is 8860. The van der Waals surface area contributed by atoms with Gasteiger partial charge in [0.2, 0.25) is 0 Å². The van der Waals surface area contributed by atoms with Gasteiger partial charge in [0.25, 0.3) is 0 Å². The predicted octanol–water partition coefficient (Wildman–Crippen LogP) is 30.9. The van der Waals surface area contributed by atoms with E-state index in [1.807, 2.05) is 97.1 Å². The third-order valence-corrected chi connectivity index (χ3v) is 24.9. The number of aromatic nitrogens is 9. The van der Waals surface area contributed by atoms with Crippen molar-refractivity contribution in [3.63, 3.8) is 0 Å². The van der Waals surface area contributed by atoms with Crippen molar-refractivity contribution in [3.8, 4) is 114 Å². The van der Waals surface area contributed by atoms with Crippen molar-refractivity contribution in [1.82, 2.24) is 44.9 Å². The van der Waals surface area contributed by atoms with Crippen LogP contribution < -0.4 is 0 Å². The van der Waals surface area contributed by atoms with Crippen LogP contribution in [-0.2, 0) is 0 Å². The lowest BCUT2D eigenvalue weighted by molar-refractivity contribution is 0.669. The molecule has 0 N–H and O–H groups in total. The van der Waals surface area contributed by atoms with Gasteiger partial charge >= 0.3 is 0 Å². The fourth-order valence-electron chi connectivity index (χ4n) is 18.7. The number of furan rings is 1. The van der Waals surface area contributed by atoms with Crippen LogP contribution in [0.5, 0.6) is 0 Å². The molecule has 0 unspecified atom stereocenters. The van der Waals surface area contributed by atoms with Gasteiger partial charge in [0.1, 0.15) is 11.2 Å². The monoisotopic (exact) mass is 1640 g/mol. The van der Waals surface area contributed by atoms with Crippen LogP contribution >= 0.6 is 0 Å². The minimum Gasteiger partial charge on any atom is -0.456 e. The summed E-state index contributed by atoms with van der Waals surface area (Å²) in [7, 11) is 0. The lowest BCUT2D eigenvalue weighted by atomic mass is 9.94. The molecule has 0 saturated heterocycles. The lowest BCUT2D eigenvalue weighted by Gasteiger charge is -2.13. The molecule has 10 heteroatoms. The number of nitrogens with zero attached hydrogens (tertiary/aromatic N) is 9. The smallest absolute Gasteiger partial charge is 0.164 e. The molecule has 0 spiro atoms. The van der Waals surface area contributed by atoms with Crippen molar-refractivity contribution in [2.75, 3.05) is 0 Å². The molecule has 0 saturated carbocycles. The second kappa shape index (κ2) is 32.0.